The highest BCUT2D eigenvalue weighted by Gasteiger charge is 2.24. The molecule has 0 aliphatic carbocycles. The van der Waals surface area contributed by atoms with E-state index < -0.39 is 0 Å². The van der Waals surface area contributed by atoms with E-state index in [1.807, 2.05) is 23.1 Å². The molecule has 4 rings (SSSR count). The third-order valence-electron chi connectivity index (χ3n) is 5.27. The van der Waals surface area contributed by atoms with Crippen LogP contribution in [0.1, 0.15) is 30.1 Å². The summed E-state index contributed by atoms with van der Waals surface area (Å²) in [7, 11) is 1.75. The lowest BCUT2D eigenvalue weighted by molar-refractivity contribution is 0.177. The van der Waals surface area contributed by atoms with Gasteiger partial charge in [0.05, 0.1) is 12.3 Å². The van der Waals surface area contributed by atoms with Gasteiger partial charge in [-0.05, 0) is 43.1 Å². The SMILES string of the molecule is COCCn1ccnc1[C@H]1CCCN(Cc2ccc(-n3cccn3)cc2)C1. The molecule has 0 spiro atoms. The highest BCUT2D eigenvalue weighted by molar-refractivity contribution is 5.33. The molecule has 0 saturated carbocycles. The van der Waals surface area contributed by atoms with Crippen molar-refractivity contribution in [2.75, 3.05) is 26.8 Å². The number of hydrogen-bond donors (Lipinski definition) is 0. The molecule has 1 saturated heterocycles. The Morgan fingerprint density at radius 1 is 1.15 bits per heavy atom. The van der Waals surface area contributed by atoms with Crippen molar-refractivity contribution >= 4 is 0 Å². The molecule has 3 aromatic rings. The Balaban J connectivity index is 1.39. The first kappa shape index (κ1) is 17.9. The minimum Gasteiger partial charge on any atom is -0.383 e. The van der Waals surface area contributed by atoms with Crippen molar-refractivity contribution in [1.82, 2.24) is 24.2 Å². The third-order valence-corrected chi connectivity index (χ3v) is 5.27. The molecule has 0 N–H and O–H groups in total. The summed E-state index contributed by atoms with van der Waals surface area (Å²) in [4.78, 5) is 7.19. The summed E-state index contributed by atoms with van der Waals surface area (Å²) in [6, 6.07) is 10.6. The van der Waals surface area contributed by atoms with Crippen LogP contribution in [0.15, 0.2) is 55.1 Å². The van der Waals surface area contributed by atoms with Crippen LogP contribution in [0.25, 0.3) is 5.69 Å². The van der Waals surface area contributed by atoms with Crippen molar-refractivity contribution in [2.45, 2.75) is 31.8 Å². The number of methoxy groups -OCH3 is 1. The van der Waals surface area contributed by atoms with Crippen LogP contribution in [0.3, 0.4) is 0 Å². The van der Waals surface area contributed by atoms with Gasteiger partial charge >= 0.3 is 0 Å². The molecule has 0 amide bonds. The van der Waals surface area contributed by atoms with E-state index in [1.165, 1.54) is 24.2 Å². The van der Waals surface area contributed by atoms with Gasteiger partial charge in [-0.2, -0.15) is 5.10 Å². The number of rotatable bonds is 7. The zero-order valence-electron chi connectivity index (χ0n) is 15.9. The van der Waals surface area contributed by atoms with Gasteiger partial charge in [-0.3, -0.25) is 4.90 Å². The summed E-state index contributed by atoms with van der Waals surface area (Å²) in [5.74, 6) is 1.69. The van der Waals surface area contributed by atoms with Crippen LogP contribution in [0, 0.1) is 0 Å². The first-order chi connectivity index (χ1) is 13.3. The Morgan fingerprint density at radius 3 is 2.81 bits per heavy atom. The highest BCUT2D eigenvalue weighted by atomic mass is 16.5. The molecule has 1 aliphatic rings. The summed E-state index contributed by atoms with van der Waals surface area (Å²) >= 11 is 0. The average Bonchev–Trinajstić information content (AvgIpc) is 3.39. The second-order valence-electron chi connectivity index (χ2n) is 7.16. The van der Waals surface area contributed by atoms with E-state index in [0.717, 1.165) is 38.5 Å². The Morgan fingerprint density at radius 2 is 2.04 bits per heavy atom. The molecule has 0 unspecified atom stereocenters. The zero-order valence-corrected chi connectivity index (χ0v) is 15.9. The first-order valence-corrected chi connectivity index (χ1v) is 9.65. The first-order valence-electron chi connectivity index (χ1n) is 9.65. The monoisotopic (exact) mass is 365 g/mol. The summed E-state index contributed by atoms with van der Waals surface area (Å²) in [5, 5.41) is 4.29. The molecule has 0 radical (unpaired) electrons. The maximum Gasteiger partial charge on any atom is 0.113 e. The van der Waals surface area contributed by atoms with Gasteiger partial charge in [0.2, 0.25) is 0 Å². The minimum atomic E-state index is 0.494. The smallest absolute Gasteiger partial charge is 0.113 e. The van der Waals surface area contributed by atoms with Crippen LogP contribution in [0.2, 0.25) is 0 Å². The van der Waals surface area contributed by atoms with E-state index in [1.54, 1.807) is 13.3 Å². The number of aromatic nitrogens is 4. The number of piperidine rings is 1. The number of benzene rings is 1. The van der Waals surface area contributed by atoms with Gasteiger partial charge in [0, 0.05) is 57.4 Å². The number of hydrogen-bond acceptors (Lipinski definition) is 4. The standard InChI is InChI=1S/C21H27N5O/c1-27-15-14-25-13-10-22-21(25)19-4-2-11-24(17-19)16-18-5-7-20(8-6-18)26-12-3-9-23-26/h3,5-10,12-13,19H,2,4,11,14-17H2,1H3/t19-/m0/s1. The Bertz CT molecular complexity index is 825. The van der Waals surface area contributed by atoms with Crippen molar-refractivity contribution < 1.29 is 4.74 Å². The summed E-state index contributed by atoms with van der Waals surface area (Å²) in [5.41, 5.74) is 2.44. The summed E-state index contributed by atoms with van der Waals surface area (Å²) in [6.45, 7) is 4.79. The van der Waals surface area contributed by atoms with E-state index in [0.29, 0.717) is 5.92 Å². The van der Waals surface area contributed by atoms with Crippen molar-refractivity contribution in [3.63, 3.8) is 0 Å². The molecule has 0 bridgehead atoms. The summed E-state index contributed by atoms with van der Waals surface area (Å²) in [6.07, 6.45) is 10.2. The van der Waals surface area contributed by atoms with E-state index in [4.69, 9.17) is 4.74 Å². The molecular weight excluding hydrogens is 338 g/mol. The molecular formula is C21H27N5O. The summed E-state index contributed by atoms with van der Waals surface area (Å²) < 4.78 is 9.36. The molecule has 27 heavy (non-hydrogen) atoms. The Labute approximate surface area is 160 Å². The fourth-order valence-corrected chi connectivity index (χ4v) is 3.90. The normalized spacial score (nSPS) is 18.0. The Kier molecular flexibility index (Phi) is 5.65. The number of imidazole rings is 1. The predicted octanol–water partition coefficient (Wildman–Crippen LogP) is 3.09. The number of nitrogens with zero attached hydrogens (tertiary/aromatic N) is 5. The van der Waals surface area contributed by atoms with Gasteiger partial charge in [-0.15, -0.1) is 0 Å². The molecule has 6 heteroatoms. The lowest BCUT2D eigenvalue weighted by atomic mass is 9.96. The fourth-order valence-electron chi connectivity index (χ4n) is 3.90. The van der Waals surface area contributed by atoms with Crippen molar-refractivity contribution in [3.05, 3.63) is 66.5 Å². The second-order valence-corrected chi connectivity index (χ2v) is 7.16. The van der Waals surface area contributed by atoms with Gasteiger partial charge in [-0.1, -0.05) is 12.1 Å². The molecule has 3 heterocycles. The minimum absolute atomic E-state index is 0.494. The van der Waals surface area contributed by atoms with Crippen molar-refractivity contribution in [1.29, 1.82) is 0 Å². The molecule has 1 atom stereocenters. The van der Waals surface area contributed by atoms with Crippen molar-refractivity contribution in [3.8, 4) is 5.69 Å². The van der Waals surface area contributed by atoms with Crippen LogP contribution in [-0.2, 0) is 17.8 Å². The quantitative estimate of drug-likeness (QED) is 0.646. The van der Waals surface area contributed by atoms with Crippen LogP contribution in [0.4, 0.5) is 0 Å². The zero-order chi connectivity index (χ0) is 18.5. The van der Waals surface area contributed by atoms with Gasteiger partial charge in [0.1, 0.15) is 5.82 Å². The lowest BCUT2D eigenvalue weighted by Crippen LogP contribution is -2.35. The maximum absolute atomic E-state index is 5.23. The molecule has 142 valence electrons. The molecule has 1 aliphatic heterocycles. The fraction of sp³-hybridized carbons (Fsp3) is 0.429. The van der Waals surface area contributed by atoms with E-state index in [9.17, 15) is 0 Å². The van der Waals surface area contributed by atoms with Gasteiger partial charge in [0.25, 0.3) is 0 Å². The van der Waals surface area contributed by atoms with Gasteiger partial charge in [0.15, 0.2) is 0 Å². The van der Waals surface area contributed by atoms with E-state index in [-0.39, 0.29) is 0 Å². The van der Waals surface area contributed by atoms with E-state index in [2.05, 4.69) is 50.0 Å². The topological polar surface area (TPSA) is 48.1 Å². The molecule has 1 fully saturated rings. The van der Waals surface area contributed by atoms with Gasteiger partial charge in [-0.25, -0.2) is 9.67 Å². The third kappa shape index (κ3) is 4.28. The second kappa shape index (κ2) is 8.50. The number of ether oxygens (including phenoxy) is 1. The average molecular weight is 365 g/mol. The van der Waals surface area contributed by atoms with Gasteiger partial charge < -0.3 is 9.30 Å². The van der Waals surface area contributed by atoms with E-state index >= 15 is 0 Å². The highest BCUT2D eigenvalue weighted by Crippen LogP contribution is 2.27. The predicted molar refractivity (Wildman–Crippen MR) is 105 cm³/mol. The molecule has 1 aromatic carbocycles. The lowest BCUT2D eigenvalue weighted by Gasteiger charge is -2.32. The van der Waals surface area contributed by atoms with Crippen LogP contribution >= 0.6 is 0 Å². The largest absolute Gasteiger partial charge is 0.383 e. The Hall–Kier alpha value is -2.44. The van der Waals surface area contributed by atoms with Crippen LogP contribution < -0.4 is 0 Å². The molecule has 2 aromatic heterocycles. The molecule has 6 nitrogen and oxygen atoms in total. The number of likely N-dealkylation sites (tertiary alicyclic amines) is 1. The van der Waals surface area contributed by atoms with Crippen LogP contribution in [-0.4, -0.2) is 51.0 Å². The maximum atomic E-state index is 5.23. The van der Waals surface area contributed by atoms with Crippen LogP contribution in [0.5, 0.6) is 0 Å². The van der Waals surface area contributed by atoms with Crippen molar-refractivity contribution in [2.24, 2.45) is 0 Å².